The van der Waals surface area contributed by atoms with Crippen LogP contribution < -0.4 is 4.90 Å². The Bertz CT molecular complexity index is 1500. The number of anilines is 2. The molecule has 0 spiro atoms. The molecule has 0 N–H and O–H groups in total. The number of allylic oxidation sites excluding steroid dienone is 2. The van der Waals surface area contributed by atoms with Gasteiger partial charge < -0.3 is 4.90 Å². The molecule has 4 aromatic carbocycles. The second-order valence-electron chi connectivity index (χ2n) is 12.0. The summed E-state index contributed by atoms with van der Waals surface area (Å²) in [5.74, 6) is 0. The molecule has 42 heavy (non-hydrogen) atoms. The predicted octanol–water partition coefficient (Wildman–Crippen LogP) is 10.8. The Labute approximate surface area is 254 Å². The van der Waals surface area contributed by atoms with Gasteiger partial charge in [-0.15, -0.1) is 0 Å². The normalized spacial score (nSPS) is 16.0. The first-order chi connectivity index (χ1) is 20.4. The van der Waals surface area contributed by atoms with Crippen molar-refractivity contribution >= 4 is 11.4 Å². The Morgan fingerprint density at radius 2 is 1.14 bits per heavy atom. The SMILES string of the molecule is CCc1ccc(C)cc1.CCc1ccc(N(c2ccc(C)cc2)C2C=C3CCC3=CC2)cc1.Cc1cccc2c1CC2. The quantitative estimate of drug-likeness (QED) is 0.238. The molecular formula is C41H47N. The molecule has 3 aliphatic carbocycles. The zero-order valence-electron chi connectivity index (χ0n) is 26.3. The van der Waals surface area contributed by atoms with Gasteiger partial charge in [0.1, 0.15) is 0 Å². The van der Waals surface area contributed by atoms with Crippen molar-refractivity contribution in [3.05, 3.63) is 153 Å². The van der Waals surface area contributed by atoms with E-state index in [0.717, 1.165) is 19.3 Å². The Kier molecular flexibility index (Phi) is 9.80. The van der Waals surface area contributed by atoms with Gasteiger partial charge in [0.25, 0.3) is 0 Å². The molecule has 0 radical (unpaired) electrons. The molecule has 1 fully saturated rings. The fraction of sp³-hybridized carbons (Fsp3) is 0.317. The highest BCUT2D eigenvalue weighted by atomic mass is 15.2. The number of nitrogens with zero attached hydrogens (tertiary/aromatic N) is 1. The van der Waals surface area contributed by atoms with Gasteiger partial charge in [-0.1, -0.05) is 104 Å². The molecule has 1 saturated carbocycles. The van der Waals surface area contributed by atoms with E-state index in [0.29, 0.717) is 6.04 Å². The van der Waals surface area contributed by atoms with Crippen molar-refractivity contribution < 1.29 is 0 Å². The monoisotopic (exact) mass is 553 g/mol. The fourth-order valence-electron chi connectivity index (χ4n) is 5.97. The molecular weight excluding hydrogens is 506 g/mol. The minimum absolute atomic E-state index is 0.416. The van der Waals surface area contributed by atoms with Crippen LogP contribution >= 0.6 is 0 Å². The van der Waals surface area contributed by atoms with E-state index in [1.54, 1.807) is 22.3 Å². The molecule has 0 heterocycles. The molecule has 1 nitrogen and oxygen atoms in total. The molecule has 0 aromatic heterocycles. The summed E-state index contributed by atoms with van der Waals surface area (Å²) >= 11 is 0. The first-order valence-electron chi connectivity index (χ1n) is 15.9. The zero-order valence-corrected chi connectivity index (χ0v) is 26.3. The molecule has 1 atom stereocenters. The van der Waals surface area contributed by atoms with Gasteiger partial charge in [0.05, 0.1) is 6.04 Å². The Hall–Kier alpha value is -3.84. The minimum Gasteiger partial charge on any atom is -0.334 e. The van der Waals surface area contributed by atoms with Crippen LogP contribution in [0.15, 0.2) is 114 Å². The van der Waals surface area contributed by atoms with Crippen LogP contribution in [-0.4, -0.2) is 6.04 Å². The zero-order chi connectivity index (χ0) is 29.5. The lowest BCUT2D eigenvalue weighted by Gasteiger charge is -2.37. The first kappa shape index (κ1) is 29.6. The summed E-state index contributed by atoms with van der Waals surface area (Å²) in [6.45, 7) is 10.8. The lowest BCUT2D eigenvalue weighted by Crippen LogP contribution is -2.32. The summed E-state index contributed by atoms with van der Waals surface area (Å²) in [5.41, 5.74) is 15.8. The van der Waals surface area contributed by atoms with Crippen molar-refractivity contribution in [2.75, 3.05) is 4.90 Å². The highest BCUT2D eigenvalue weighted by Gasteiger charge is 2.26. The Morgan fingerprint density at radius 3 is 1.60 bits per heavy atom. The minimum atomic E-state index is 0.416. The van der Waals surface area contributed by atoms with E-state index >= 15 is 0 Å². The van der Waals surface area contributed by atoms with Crippen LogP contribution in [0.4, 0.5) is 11.4 Å². The summed E-state index contributed by atoms with van der Waals surface area (Å²) in [7, 11) is 0. The highest BCUT2D eigenvalue weighted by molar-refractivity contribution is 5.66. The maximum Gasteiger partial charge on any atom is 0.0562 e. The smallest absolute Gasteiger partial charge is 0.0562 e. The topological polar surface area (TPSA) is 3.24 Å². The van der Waals surface area contributed by atoms with E-state index in [4.69, 9.17) is 0 Å². The third kappa shape index (κ3) is 7.13. The fourth-order valence-corrected chi connectivity index (χ4v) is 5.97. The molecule has 0 saturated heterocycles. The van der Waals surface area contributed by atoms with Crippen LogP contribution in [0.1, 0.15) is 72.1 Å². The van der Waals surface area contributed by atoms with E-state index in [-0.39, 0.29) is 0 Å². The molecule has 0 aliphatic heterocycles. The van der Waals surface area contributed by atoms with Gasteiger partial charge >= 0.3 is 0 Å². The lowest BCUT2D eigenvalue weighted by atomic mass is 9.79. The average molecular weight is 554 g/mol. The summed E-state index contributed by atoms with van der Waals surface area (Å²) in [5, 5.41) is 0. The average Bonchev–Trinajstić information content (AvgIpc) is 2.98. The maximum atomic E-state index is 2.50. The largest absolute Gasteiger partial charge is 0.334 e. The predicted molar refractivity (Wildman–Crippen MR) is 182 cm³/mol. The van der Waals surface area contributed by atoms with E-state index in [2.05, 4.69) is 143 Å². The second kappa shape index (κ2) is 13.9. The number of aryl methyl sites for hydroxylation is 6. The van der Waals surface area contributed by atoms with Crippen LogP contribution in [0.3, 0.4) is 0 Å². The lowest BCUT2D eigenvalue weighted by molar-refractivity contribution is 0.707. The van der Waals surface area contributed by atoms with E-state index in [9.17, 15) is 0 Å². The van der Waals surface area contributed by atoms with Crippen LogP contribution in [0.5, 0.6) is 0 Å². The molecule has 7 rings (SSSR count). The number of fused-ring (bicyclic) bond motifs is 2. The summed E-state index contributed by atoms with van der Waals surface area (Å²) in [6.07, 6.45) is 13.4. The van der Waals surface area contributed by atoms with Gasteiger partial charge in [-0.25, -0.2) is 0 Å². The van der Waals surface area contributed by atoms with Crippen LogP contribution in [0, 0.1) is 20.8 Å². The van der Waals surface area contributed by atoms with Crippen molar-refractivity contribution in [1.82, 2.24) is 0 Å². The number of benzene rings is 4. The Balaban J connectivity index is 0.000000159. The molecule has 0 amide bonds. The molecule has 4 aromatic rings. The molecule has 216 valence electrons. The van der Waals surface area contributed by atoms with Crippen LogP contribution in [0.2, 0.25) is 0 Å². The van der Waals surface area contributed by atoms with Crippen molar-refractivity contribution in [3.63, 3.8) is 0 Å². The van der Waals surface area contributed by atoms with Gasteiger partial charge in [-0.3, -0.25) is 0 Å². The molecule has 0 bridgehead atoms. The summed E-state index contributed by atoms with van der Waals surface area (Å²) < 4.78 is 0. The number of rotatable bonds is 5. The Morgan fingerprint density at radius 1 is 0.595 bits per heavy atom. The third-order valence-corrected chi connectivity index (χ3v) is 9.02. The van der Waals surface area contributed by atoms with E-state index < -0.39 is 0 Å². The van der Waals surface area contributed by atoms with Crippen molar-refractivity contribution in [2.24, 2.45) is 0 Å². The van der Waals surface area contributed by atoms with Crippen molar-refractivity contribution in [1.29, 1.82) is 0 Å². The highest BCUT2D eigenvalue weighted by Crippen LogP contribution is 2.40. The first-order valence-corrected chi connectivity index (χ1v) is 15.9. The van der Waals surface area contributed by atoms with Gasteiger partial charge in [-0.05, 0) is 129 Å². The van der Waals surface area contributed by atoms with Crippen LogP contribution in [-0.2, 0) is 25.7 Å². The van der Waals surface area contributed by atoms with E-state index in [1.807, 2.05) is 0 Å². The molecule has 3 aliphatic rings. The van der Waals surface area contributed by atoms with E-state index in [1.165, 1.54) is 64.9 Å². The summed E-state index contributed by atoms with van der Waals surface area (Å²) in [6, 6.07) is 33.6. The van der Waals surface area contributed by atoms with Gasteiger partial charge in [-0.2, -0.15) is 0 Å². The standard InChI is InChI=1S/C23H25N.C9H10.C9H12/c1-3-18-6-13-22(14-7-18)24(21-11-4-17(2)5-12-21)23-15-10-19-8-9-20(19)16-23;1-7-3-2-4-8-5-6-9(7)8;1-3-9-6-4-8(2)5-7-9/h4-7,10-14,16,23H,3,8-9,15H2,1-2H3;2-4H,5-6H2,1H3;4-7H,3H2,1-2H3. The van der Waals surface area contributed by atoms with Gasteiger partial charge in [0.2, 0.25) is 0 Å². The van der Waals surface area contributed by atoms with Crippen LogP contribution in [0.25, 0.3) is 0 Å². The van der Waals surface area contributed by atoms with Crippen molar-refractivity contribution in [3.8, 4) is 0 Å². The van der Waals surface area contributed by atoms with Gasteiger partial charge in [0, 0.05) is 11.4 Å². The number of hydrogen-bond donors (Lipinski definition) is 0. The third-order valence-electron chi connectivity index (χ3n) is 9.02. The maximum absolute atomic E-state index is 2.50. The second-order valence-corrected chi connectivity index (χ2v) is 12.0. The number of hydrogen-bond acceptors (Lipinski definition) is 1. The van der Waals surface area contributed by atoms with Crippen molar-refractivity contribution in [2.45, 2.75) is 85.6 Å². The van der Waals surface area contributed by atoms with Gasteiger partial charge in [0.15, 0.2) is 0 Å². The molecule has 1 heteroatoms. The summed E-state index contributed by atoms with van der Waals surface area (Å²) in [4.78, 5) is 2.50. The molecule has 1 unspecified atom stereocenters.